The normalized spacial score (nSPS) is 12.0. The Morgan fingerprint density at radius 2 is 1.82 bits per heavy atom. The molecule has 0 aromatic rings. The third kappa shape index (κ3) is 2.84. The topological polar surface area (TPSA) is 9.23 Å². The lowest BCUT2D eigenvalue weighted by atomic mass is 10.4. The number of ether oxygens (including phenoxy) is 1. The van der Waals surface area contributed by atoms with Crippen molar-refractivity contribution in [1.29, 1.82) is 0 Å². The Morgan fingerprint density at radius 1 is 1.36 bits per heavy atom. The number of hydrogen-bond donors (Lipinski definition) is 0. The maximum absolute atomic E-state index is 12.6. The summed E-state index contributed by atoms with van der Waals surface area (Å²) >= 11 is 2.84. The van der Waals surface area contributed by atoms with Crippen molar-refractivity contribution < 1.29 is 13.5 Å². The molecule has 0 saturated heterocycles. The van der Waals surface area contributed by atoms with Gasteiger partial charge in [-0.1, -0.05) is 13.2 Å². The molecule has 0 aliphatic rings. The van der Waals surface area contributed by atoms with Gasteiger partial charge in [-0.25, -0.2) is 4.39 Å². The van der Waals surface area contributed by atoms with Crippen LogP contribution in [0.4, 0.5) is 8.78 Å². The second-order valence-electron chi connectivity index (χ2n) is 1.66. The molecule has 11 heavy (non-hydrogen) atoms. The van der Waals surface area contributed by atoms with E-state index in [4.69, 9.17) is 0 Å². The van der Waals surface area contributed by atoms with Gasteiger partial charge in [-0.15, -0.1) is 0 Å². The van der Waals surface area contributed by atoms with Crippen LogP contribution in [0.2, 0.25) is 0 Å². The molecule has 0 rings (SSSR count). The first-order valence-corrected chi connectivity index (χ1v) is 3.43. The van der Waals surface area contributed by atoms with Gasteiger partial charge in [0, 0.05) is 0 Å². The van der Waals surface area contributed by atoms with E-state index >= 15 is 0 Å². The summed E-state index contributed by atoms with van der Waals surface area (Å²) in [5, 5.41) is 0. The second kappa shape index (κ2) is 4.28. The van der Waals surface area contributed by atoms with Crippen LogP contribution in [0.15, 0.2) is 35.1 Å². The summed E-state index contributed by atoms with van der Waals surface area (Å²) in [4.78, 5) is 0. The van der Waals surface area contributed by atoms with Crippen LogP contribution in [0, 0.1) is 0 Å². The molecule has 0 amide bonds. The first-order chi connectivity index (χ1) is 5.00. The number of rotatable bonds is 3. The van der Waals surface area contributed by atoms with Crippen molar-refractivity contribution in [3.63, 3.8) is 0 Å². The maximum Gasteiger partial charge on any atom is 0.201 e. The van der Waals surface area contributed by atoms with Crippen LogP contribution in [0.1, 0.15) is 0 Å². The summed E-state index contributed by atoms with van der Waals surface area (Å²) in [6.07, 6.45) is 0. The molecule has 1 nitrogen and oxygen atoms in total. The monoisotopic (exact) mass is 224 g/mol. The summed E-state index contributed by atoms with van der Waals surface area (Å²) in [5.74, 6) is -2.60. The third-order valence-electron chi connectivity index (χ3n) is 0.888. The molecule has 0 bridgehead atoms. The molecule has 0 aromatic heterocycles. The highest BCUT2D eigenvalue weighted by molar-refractivity contribution is 9.11. The van der Waals surface area contributed by atoms with Crippen molar-refractivity contribution in [2.75, 3.05) is 7.11 Å². The Kier molecular flexibility index (Phi) is 4.03. The van der Waals surface area contributed by atoms with Crippen molar-refractivity contribution >= 4 is 15.9 Å². The van der Waals surface area contributed by atoms with E-state index in [-0.39, 0.29) is 10.2 Å². The predicted molar refractivity (Wildman–Crippen MR) is 43.5 cm³/mol. The molecule has 0 N–H and O–H groups in total. The van der Waals surface area contributed by atoms with E-state index < -0.39 is 11.7 Å². The Morgan fingerprint density at radius 3 is 1.91 bits per heavy atom. The standard InChI is InChI=1S/C7H7BrF2O/c1-4(8)7(11-3)6(10)5(2)9/h1-2H2,3H3/b7-6-. The number of hydrogen-bond acceptors (Lipinski definition) is 1. The Hall–Kier alpha value is -0.640. The van der Waals surface area contributed by atoms with Gasteiger partial charge in [0.15, 0.2) is 11.6 Å². The van der Waals surface area contributed by atoms with Crippen LogP contribution in [0.5, 0.6) is 0 Å². The zero-order chi connectivity index (χ0) is 9.02. The van der Waals surface area contributed by atoms with Gasteiger partial charge in [0.25, 0.3) is 0 Å². The number of halogens is 3. The fraction of sp³-hybridized carbons (Fsp3) is 0.143. The average molecular weight is 225 g/mol. The summed E-state index contributed by atoms with van der Waals surface area (Å²) in [7, 11) is 1.21. The van der Waals surface area contributed by atoms with E-state index in [1.807, 2.05) is 0 Å². The Bertz CT molecular complexity index is 220. The van der Waals surface area contributed by atoms with Crippen LogP contribution >= 0.6 is 15.9 Å². The quantitative estimate of drug-likeness (QED) is 0.529. The lowest BCUT2D eigenvalue weighted by Crippen LogP contribution is -1.90. The third-order valence-corrected chi connectivity index (χ3v) is 1.25. The lowest BCUT2D eigenvalue weighted by molar-refractivity contribution is 0.287. The van der Waals surface area contributed by atoms with Gasteiger partial charge >= 0.3 is 0 Å². The zero-order valence-electron chi connectivity index (χ0n) is 5.96. The summed E-state index contributed by atoms with van der Waals surface area (Å²) in [5.41, 5.74) is 0. The van der Waals surface area contributed by atoms with Gasteiger partial charge in [-0.3, -0.25) is 0 Å². The lowest BCUT2D eigenvalue weighted by Gasteiger charge is -2.03. The average Bonchev–Trinajstić information content (AvgIpc) is 1.88. The molecule has 0 fully saturated rings. The fourth-order valence-corrected chi connectivity index (χ4v) is 0.779. The first-order valence-electron chi connectivity index (χ1n) is 2.64. The minimum Gasteiger partial charge on any atom is -0.492 e. The van der Waals surface area contributed by atoms with Gasteiger partial charge in [0.1, 0.15) is 0 Å². The maximum atomic E-state index is 12.6. The van der Waals surface area contributed by atoms with Gasteiger partial charge in [-0.05, 0) is 15.9 Å². The molecule has 0 aliphatic heterocycles. The molecule has 62 valence electrons. The highest BCUT2D eigenvalue weighted by Crippen LogP contribution is 2.24. The van der Waals surface area contributed by atoms with E-state index in [0.717, 1.165) is 0 Å². The summed E-state index contributed by atoms with van der Waals surface area (Å²) in [6, 6.07) is 0. The highest BCUT2D eigenvalue weighted by Gasteiger charge is 2.11. The number of allylic oxidation sites excluding steroid dienone is 3. The Labute approximate surface area is 72.2 Å². The van der Waals surface area contributed by atoms with E-state index in [9.17, 15) is 8.78 Å². The van der Waals surface area contributed by atoms with Crippen molar-refractivity contribution in [3.05, 3.63) is 35.1 Å². The number of methoxy groups -OCH3 is 1. The molecule has 0 aliphatic carbocycles. The van der Waals surface area contributed by atoms with Gasteiger partial charge in [-0.2, -0.15) is 4.39 Å². The molecule has 0 atom stereocenters. The minimum atomic E-state index is -1.18. The molecule has 0 spiro atoms. The fourth-order valence-electron chi connectivity index (χ4n) is 0.443. The van der Waals surface area contributed by atoms with Gasteiger partial charge in [0.05, 0.1) is 11.6 Å². The van der Waals surface area contributed by atoms with Crippen molar-refractivity contribution in [3.8, 4) is 0 Å². The van der Waals surface area contributed by atoms with Crippen LogP contribution < -0.4 is 0 Å². The first kappa shape index (κ1) is 10.4. The SMILES string of the molecule is C=C(F)/C(F)=C(/OC)C(=C)Br. The molecule has 0 aromatic carbocycles. The minimum absolute atomic E-state index is 0.135. The molecular formula is C7H7BrF2O. The molecular weight excluding hydrogens is 218 g/mol. The van der Waals surface area contributed by atoms with Crippen molar-refractivity contribution in [2.45, 2.75) is 0 Å². The molecule has 0 unspecified atom stereocenters. The zero-order valence-corrected chi connectivity index (χ0v) is 7.54. The van der Waals surface area contributed by atoms with Crippen LogP contribution in [-0.2, 0) is 4.74 Å². The van der Waals surface area contributed by atoms with E-state index in [1.54, 1.807) is 0 Å². The van der Waals surface area contributed by atoms with Crippen LogP contribution in [0.3, 0.4) is 0 Å². The summed E-state index contributed by atoms with van der Waals surface area (Å²) < 4.78 is 29.4. The van der Waals surface area contributed by atoms with Gasteiger partial charge < -0.3 is 4.74 Å². The molecule has 0 heterocycles. The predicted octanol–water partition coefficient (Wildman–Crippen LogP) is 3.21. The second-order valence-corrected chi connectivity index (χ2v) is 2.61. The molecule has 0 radical (unpaired) electrons. The molecule has 0 saturated carbocycles. The molecule has 4 heteroatoms. The Balaban J connectivity index is 4.83. The van der Waals surface area contributed by atoms with E-state index in [2.05, 4.69) is 33.8 Å². The largest absolute Gasteiger partial charge is 0.492 e. The smallest absolute Gasteiger partial charge is 0.201 e. The summed E-state index contributed by atoms with van der Waals surface area (Å²) in [6.45, 7) is 6.08. The van der Waals surface area contributed by atoms with E-state index in [1.165, 1.54) is 7.11 Å². The van der Waals surface area contributed by atoms with Crippen molar-refractivity contribution in [2.24, 2.45) is 0 Å². The van der Waals surface area contributed by atoms with Crippen LogP contribution in [0.25, 0.3) is 0 Å². The highest BCUT2D eigenvalue weighted by atomic mass is 79.9. The van der Waals surface area contributed by atoms with Crippen molar-refractivity contribution in [1.82, 2.24) is 0 Å². The van der Waals surface area contributed by atoms with Crippen LogP contribution in [-0.4, -0.2) is 7.11 Å². The van der Waals surface area contributed by atoms with Gasteiger partial charge in [0.2, 0.25) is 5.83 Å². The van der Waals surface area contributed by atoms with E-state index in [0.29, 0.717) is 0 Å².